The van der Waals surface area contributed by atoms with Crippen molar-refractivity contribution in [3.63, 3.8) is 0 Å². The minimum Gasteiger partial charge on any atom is -0.313 e. The molecule has 3 nitrogen and oxygen atoms in total. The number of halogens is 2. The predicted octanol–water partition coefficient (Wildman–Crippen LogP) is 5.10. The number of fused-ring (bicyclic) bond motifs is 1. The van der Waals surface area contributed by atoms with Crippen LogP contribution in [0.15, 0.2) is 42.5 Å². The van der Waals surface area contributed by atoms with Crippen LogP contribution in [0.5, 0.6) is 0 Å². The first-order chi connectivity index (χ1) is 10.1. The molecule has 108 valence electrons. The Kier molecular flexibility index (Phi) is 3.79. The molecule has 0 saturated heterocycles. The van der Waals surface area contributed by atoms with Crippen LogP contribution in [0.4, 0.5) is 10.5 Å². The molecule has 0 fully saturated rings. The number of nitrogens with zero attached hydrogens (tertiary/aromatic N) is 1. The van der Waals surface area contributed by atoms with Crippen molar-refractivity contribution < 1.29 is 4.79 Å². The Morgan fingerprint density at radius 3 is 2.48 bits per heavy atom. The largest absolute Gasteiger partial charge is 0.322 e. The lowest BCUT2D eigenvalue weighted by Crippen LogP contribution is -2.32. The molecule has 0 aliphatic carbocycles. The lowest BCUT2D eigenvalue weighted by atomic mass is 10.1. The molecule has 0 aromatic heterocycles. The van der Waals surface area contributed by atoms with Gasteiger partial charge >= 0.3 is 6.03 Å². The molecule has 1 aliphatic rings. The van der Waals surface area contributed by atoms with Crippen LogP contribution in [0.3, 0.4) is 0 Å². The minimum atomic E-state index is -0.200. The average molecular weight is 321 g/mol. The van der Waals surface area contributed by atoms with Gasteiger partial charge in [-0.25, -0.2) is 4.79 Å². The van der Waals surface area contributed by atoms with Crippen LogP contribution < -0.4 is 5.32 Å². The maximum atomic E-state index is 12.5. The number of hydrogen-bond acceptors (Lipinski definition) is 1. The van der Waals surface area contributed by atoms with Crippen molar-refractivity contribution in [3.8, 4) is 0 Å². The van der Waals surface area contributed by atoms with E-state index in [0.717, 1.165) is 0 Å². The molecule has 2 aromatic carbocycles. The maximum absolute atomic E-state index is 12.5. The summed E-state index contributed by atoms with van der Waals surface area (Å²) in [7, 11) is 0. The fourth-order valence-corrected chi connectivity index (χ4v) is 3.11. The smallest absolute Gasteiger partial charge is 0.313 e. The molecule has 2 aromatic rings. The third kappa shape index (κ3) is 2.59. The topological polar surface area (TPSA) is 32.3 Å². The van der Waals surface area contributed by atoms with E-state index in [2.05, 4.69) is 11.4 Å². The molecule has 5 heteroatoms. The molecular weight excluding hydrogens is 307 g/mol. The Morgan fingerprint density at radius 2 is 1.81 bits per heavy atom. The highest BCUT2D eigenvalue weighted by Crippen LogP contribution is 2.35. The molecule has 1 heterocycles. The minimum absolute atomic E-state index is 0.0301. The van der Waals surface area contributed by atoms with E-state index in [-0.39, 0.29) is 12.1 Å². The monoisotopic (exact) mass is 320 g/mol. The number of hydrogen-bond donors (Lipinski definition) is 1. The summed E-state index contributed by atoms with van der Waals surface area (Å²) in [6, 6.07) is 13.0. The fraction of sp³-hybridized carbons (Fsp3) is 0.188. The number of carbonyl (C=O) groups excluding carboxylic acids is 1. The summed E-state index contributed by atoms with van der Waals surface area (Å²) in [5, 5.41) is 3.67. The van der Waals surface area contributed by atoms with E-state index in [1.807, 2.05) is 25.1 Å². The van der Waals surface area contributed by atoms with Gasteiger partial charge in [0.05, 0.1) is 21.8 Å². The first-order valence-corrected chi connectivity index (χ1v) is 7.43. The molecule has 1 unspecified atom stereocenters. The van der Waals surface area contributed by atoms with E-state index in [1.165, 1.54) is 11.1 Å². The normalized spacial score (nSPS) is 16.7. The highest BCUT2D eigenvalue weighted by molar-refractivity contribution is 6.39. The molecule has 0 bridgehead atoms. The van der Waals surface area contributed by atoms with Crippen LogP contribution in [-0.4, -0.2) is 10.9 Å². The van der Waals surface area contributed by atoms with Crippen molar-refractivity contribution in [2.45, 2.75) is 19.5 Å². The highest BCUT2D eigenvalue weighted by Gasteiger charge is 2.30. The van der Waals surface area contributed by atoms with E-state index in [9.17, 15) is 4.79 Å². The number of anilines is 1. The number of urea groups is 1. The first kappa shape index (κ1) is 14.2. The lowest BCUT2D eigenvalue weighted by molar-refractivity contribution is 0.199. The second-order valence-corrected chi connectivity index (χ2v) is 5.84. The number of amides is 2. The number of rotatable bonds is 1. The van der Waals surface area contributed by atoms with Gasteiger partial charge in [-0.3, -0.25) is 0 Å². The van der Waals surface area contributed by atoms with Crippen LogP contribution in [-0.2, 0) is 6.54 Å². The summed E-state index contributed by atoms with van der Waals surface area (Å²) in [5.41, 5.74) is 2.80. The number of para-hydroxylation sites is 1. The summed E-state index contributed by atoms with van der Waals surface area (Å²) < 4.78 is 0. The van der Waals surface area contributed by atoms with Gasteiger partial charge in [0.1, 0.15) is 0 Å². The van der Waals surface area contributed by atoms with Crippen LogP contribution in [0.25, 0.3) is 0 Å². The van der Waals surface area contributed by atoms with Crippen molar-refractivity contribution >= 4 is 34.9 Å². The standard InChI is InChI=1S/C16H14Cl2N2O/c1-10-12-6-3-2-5-11(12)9-20(10)16(21)19-15-13(17)7-4-8-14(15)18/h2-8,10H,9H2,1H3,(H,19,21). The van der Waals surface area contributed by atoms with Gasteiger partial charge in [-0.15, -0.1) is 0 Å². The summed E-state index contributed by atoms with van der Waals surface area (Å²) >= 11 is 12.2. The van der Waals surface area contributed by atoms with Gasteiger partial charge in [-0.05, 0) is 30.2 Å². The van der Waals surface area contributed by atoms with E-state index in [4.69, 9.17) is 23.2 Å². The Balaban J connectivity index is 1.82. The lowest BCUT2D eigenvalue weighted by Gasteiger charge is -2.23. The molecule has 3 rings (SSSR count). The van der Waals surface area contributed by atoms with E-state index < -0.39 is 0 Å². The van der Waals surface area contributed by atoms with Gasteiger partial charge in [-0.2, -0.15) is 0 Å². The number of nitrogens with one attached hydrogen (secondary N) is 1. The molecule has 0 spiro atoms. The van der Waals surface area contributed by atoms with Crippen molar-refractivity contribution in [2.24, 2.45) is 0 Å². The second kappa shape index (κ2) is 5.58. The summed E-state index contributed by atoms with van der Waals surface area (Å²) in [6.45, 7) is 2.60. The third-order valence-corrected chi connectivity index (χ3v) is 4.40. The van der Waals surface area contributed by atoms with Gasteiger partial charge < -0.3 is 10.2 Å². The van der Waals surface area contributed by atoms with Crippen molar-refractivity contribution in [2.75, 3.05) is 5.32 Å². The zero-order valence-corrected chi connectivity index (χ0v) is 12.9. The van der Waals surface area contributed by atoms with Crippen LogP contribution in [0.1, 0.15) is 24.1 Å². The van der Waals surface area contributed by atoms with E-state index >= 15 is 0 Å². The summed E-state index contributed by atoms with van der Waals surface area (Å²) in [5.74, 6) is 0. The Morgan fingerprint density at radius 1 is 1.14 bits per heavy atom. The molecule has 1 N–H and O–H groups in total. The van der Waals surface area contributed by atoms with Crippen molar-refractivity contribution in [1.29, 1.82) is 0 Å². The van der Waals surface area contributed by atoms with E-state index in [0.29, 0.717) is 22.3 Å². The van der Waals surface area contributed by atoms with Crippen LogP contribution in [0, 0.1) is 0 Å². The molecule has 21 heavy (non-hydrogen) atoms. The van der Waals surface area contributed by atoms with Crippen LogP contribution in [0.2, 0.25) is 10.0 Å². The van der Waals surface area contributed by atoms with Crippen molar-refractivity contribution in [1.82, 2.24) is 4.90 Å². The third-order valence-electron chi connectivity index (χ3n) is 3.77. The molecule has 0 radical (unpaired) electrons. The molecule has 0 saturated carbocycles. The van der Waals surface area contributed by atoms with Gasteiger partial charge in [-0.1, -0.05) is 53.5 Å². The number of benzene rings is 2. The predicted molar refractivity (Wildman–Crippen MR) is 85.9 cm³/mol. The molecule has 2 amide bonds. The Hall–Kier alpha value is -1.71. The summed E-state index contributed by atoms with van der Waals surface area (Å²) in [6.07, 6.45) is 0. The van der Waals surface area contributed by atoms with Gasteiger partial charge in [0, 0.05) is 6.54 Å². The SMILES string of the molecule is CC1c2ccccc2CN1C(=O)Nc1c(Cl)cccc1Cl. The zero-order chi connectivity index (χ0) is 15.0. The number of carbonyl (C=O) groups is 1. The second-order valence-electron chi connectivity index (χ2n) is 5.03. The maximum Gasteiger partial charge on any atom is 0.322 e. The molecule has 1 atom stereocenters. The summed E-state index contributed by atoms with van der Waals surface area (Å²) in [4.78, 5) is 14.3. The van der Waals surface area contributed by atoms with Gasteiger partial charge in [0.25, 0.3) is 0 Å². The van der Waals surface area contributed by atoms with E-state index in [1.54, 1.807) is 23.1 Å². The first-order valence-electron chi connectivity index (χ1n) is 6.67. The van der Waals surface area contributed by atoms with Crippen molar-refractivity contribution in [3.05, 3.63) is 63.6 Å². The van der Waals surface area contributed by atoms with Gasteiger partial charge in [0.15, 0.2) is 0 Å². The average Bonchev–Trinajstić information content (AvgIpc) is 2.81. The Bertz CT molecular complexity index is 682. The van der Waals surface area contributed by atoms with Gasteiger partial charge in [0.2, 0.25) is 0 Å². The fourth-order valence-electron chi connectivity index (χ4n) is 2.62. The highest BCUT2D eigenvalue weighted by atomic mass is 35.5. The Labute approximate surface area is 133 Å². The zero-order valence-electron chi connectivity index (χ0n) is 11.4. The molecule has 1 aliphatic heterocycles. The quantitative estimate of drug-likeness (QED) is 0.778. The van der Waals surface area contributed by atoms with Crippen LogP contribution >= 0.6 is 23.2 Å². The molecular formula is C16H14Cl2N2O.